The Labute approximate surface area is 80.4 Å². The van der Waals surface area contributed by atoms with Gasteiger partial charge in [-0.3, -0.25) is 0 Å². The molecule has 1 unspecified atom stereocenters. The minimum absolute atomic E-state index is 0.474. The zero-order valence-electron chi connectivity index (χ0n) is 8.24. The molecular formula is C10H17NS. The third-order valence-corrected chi connectivity index (χ3v) is 2.75. The highest BCUT2D eigenvalue weighted by Crippen LogP contribution is 2.24. The van der Waals surface area contributed by atoms with Crippen molar-refractivity contribution in [3.8, 4) is 0 Å². The quantitative estimate of drug-likeness (QED) is 0.606. The van der Waals surface area contributed by atoms with Crippen LogP contribution in [-0.4, -0.2) is 15.9 Å². The SMILES string of the molecule is CC(C)C1C=CN(C(C)C)C1=S. The Hall–Kier alpha value is -0.370. The molecule has 0 fully saturated rings. The van der Waals surface area contributed by atoms with Crippen molar-refractivity contribution >= 4 is 17.2 Å². The molecule has 68 valence electrons. The molecule has 12 heavy (non-hydrogen) atoms. The van der Waals surface area contributed by atoms with Crippen LogP contribution in [0.15, 0.2) is 12.3 Å². The summed E-state index contributed by atoms with van der Waals surface area (Å²) < 4.78 is 0. The molecule has 1 atom stereocenters. The third kappa shape index (κ3) is 1.69. The topological polar surface area (TPSA) is 3.24 Å². The van der Waals surface area contributed by atoms with Gasteiger partial charge in [0.1, 0.15) is 0 Å². The first-order valence-electron chi connectivity index (χ1n) is 4.54. The second-order valence-electron chi connectivity index (χ2n) is 3.95. The Kier molecular flexibility index (Phi) is 2.89. The molecule has 0 aromatic heterocycles. The van der Waals surface area contributed by atoms with Gasteiger partial charge in [-0.1, -0.05) is 32.1 Å². The number of hydrogen-bond acceptors (Lipinski definition) is 1. The van der Waals surface area contributed by atoms with Crippen LogP contribution in [0.4, 0.5) is 0 Å². The maximum absolute atomic E-state index is 5.38. The average Bonchev–Trinajstić information content (AvgIpc) is 2.30. The predicted molar refractivity (Wildman–Crippen MR) is 57.0 cm³/mol. The normalized spacial score (nSPS) is 23.3. The molecule has 0 radical (unpaired) electrons. The highest BCUT2D eigenvalue weighted by atomic mass is 32.1. The second kappa shape index (κ2) is 3.56. The molecule has 0 saturated carbocycles. The largest absolute Gasteiger partial charge is 0.340 e. The van der Waals surface area contributed by atoms with E-state index in [0.717, 1.165) is 4.99 Å². The Morgan fingerprint density at radius 2 is 1.92 bits per heavy atom. The molecule has 0 saturated heterocycles. The van der Waals surface area contributed by atoms with Crippen LogP contribution in [0.3, 0.4) is 0 Å². The van der Waals surface area contributed by atoms with E-state index in [2.05, 4.69) is 44.9 Å². The Bertz CT molecular complexity index is 186. The monoisotopic (exact) mass is 183 g/mol. The van der Waals surface area contributed by atoms with Crippen molar-refractivity contribution in [1.29, 1.82) is 0 Å². The van der Waals surface area contributed by atoms with E-state index in [0.29, 0.717) is 17.9 Å². The van der Waals surface area contributed by atoms with Crippen LogP contribution in [0.5, 0.6) is 0 Å². The molecule has 1 aliphatic heterocycles. The fraction of sp³-hybridized carbons (Fsp3) is 0.700. The fourth-order valence-corrected chi connectivity index (χ4v) is 2.07. The van der Waals surface area contributed by atoms with Crippen molar-refractivity contribution < 1.29 is 0 Å². The molecular weight excluding hydrogens is 166 g/mol. The summed E-state index contributed by atoms with van der Waals surface area (Å²) >= 11 is 5.38. The zero-order valence-corrected chi connectivity index (χ0v) is 9.06. The highest BCUT2D eigenvalue weighted by molar-refractivity contribution is 7.80. The van der Waals surface area contributed by atoms with E-state index in [1.807, 2.05) is 0 Å². The molecule has 1 heterocycles. The fourth-order valence-electron chi connectivity index (χ4n) is 1.45. The van der Waals surface area contributed by atoms with Gasteiger partial charge in [-0.25, -0.2) is 0 Å². The number of thiocarbonyl (C=S) groups is 1. The van der Waals surface area contributed by atoms with E-state index in [1.54, 1.807) is 0 Å². The average molecular weight is 183 g/mol. The number of rotatable bonds is 2. The molecule has 0 aliphatic carbocycles. The molecule has 0 amide bonds. The van der Waals surface area contributed by atoms with Gasteiger partial charge in [-0.05, 0) is 19.8 Å². The Morgan fingerprint density at radius 1 is 1.33 bits per heavy atom. The molecule has 0 spiro atoms. The first-order valence-corrected chi connectivity index (χ1v) is 4.95. The summed E-state index contributed by atoms with van der Waals surface area (Å²) in [5.41, 5.74) is 0. The van der Waals surface area contributed by atoms with Crippen molar-refractivity contribution in [3.63, 3.8) is 0 Å². The zero-order chi connectivity index (χ0) is 9.30. The molecule has 0 aromatic rings. The van der Waals surface area contributed by atoms with Gasteiger partial charge >= 0.3 is 0 Å². The van der Waals surface area contributed by atoms with Gasteiger partial charge in [0.15, 0.2) is 0 Å². The van der Waals surface area contributed by atoms with E-state index < -0.39 is 0 Å². The maximum atomic E-state index is 5.38. The van der Waals surface area contributed by atoms with Crippen LogP contribution >= 0.6 is 12.2 Å². The molecule has 1 nitrogen and oxygen atoms in total. The maximum Gasteiger partial charge on any atom is 0.0894 e. The lowest BCUT2D eigenvalue weighted by atomic mass is 9.97. The lowest BCUT2D eigenvalue weighted by Gasteiger charge is -2.24. The smallest absolute Gasteiger partial charge is 0.0894 e. The van der Waals surface area contributed by atoms with Crippen LogP contribution in [0, 0.1) is 11.8 Å². The van der Waals surface area contributed by atoms with Gasteiger partial charge < -0.3 is 4.90 Å². The molecule has 0 N–H and O–H groups in total. The van der Waals surface area contributed by atoms with E-state index in [4.69, 9.17) is 12.2 Å². The van der Waals surface area contributed by atoms with Gasteiger partial charge in [0, 0.05) is 18.2 Å². The first kappa shape index (κ1) is 9.72. The summed E-state index contributed by atoms with van der Waals surface area (Å²) in [5.74, 6) is 1.10. The van der Waals surface area contributed by atoms with Gasteiger partial charge in [0.05, 0.1) is 4.99 Å². The van der Waals surface area contributed by atoms with Crippen LogP contribution < -0.4 is 0 Å². The molecule has 1 aliphatic rings. The van der Waals surface area contributed by atoms with Gasteiger partial charge in [0.25, 0.3) is 0 Å². The van der Waals surface area contributed by atoms with Crippen molar-refractivity contribution in [2.24, 2.45) is 11.8 Å². The van der Waals surface area contributed by atoms with Crippen molar-refractivity contribution in [2.75, 3.05) is 0 Å². The highest BCUT2D eigenvalue weighted by Gasteiger charge is 2.26. The lowest BCUT2D eigenvalue weighted by Crippen LogP contribution is -2.31. The minimum atomic E-state index is 0.474. The van der Waals surface area contributed by atoms with Crippen LogP contribution in [-0.2, 0) is 0 Å². The Balaban J connectivity index is 2.69. The van der Waals surface area contributed by atoms with Gasteiger partial charge in [-0.2, -0.15) is 0 Å². The first-order chi connectivity index (χ1) is 5.54. The van der Waals surface area contributed by atoms with Crippen molar-refractivity contribution in [3.05, 3.63) is 12.3 Å². The third-order valence-electron chi connectivity index (χ3n) is 2.27. The summed E-state index contributed by atoms with van der Waals surface area (Å²) in [6.07, 6.45) is 4.34. The molecule has 0 aromatic carbocycles. The van der Waals surface area contributed by atoms with Crippen LogP contribution in [0.25, 0.3) is 0 Å². The molecule has 2 heteroatoms. The van der Waals surface area contributed by atoms with Crippen LogP contribution in [0.1, 0.15) is 27.7 Å². The van der Waals surface area contributed by atoms with E-state index in [9.17, 15) is 0 Å². The lowest BCUT2D eigenvalue weighted by molar-refractivity contribution is 0.454. The summed E-state index contributed by atoms with van der Waals surface area (Å²) in [6, 6.07) is 0.498. The summed E-state index contributed by atoms with van der Waals surface area (Å²) in [4.78, 5) is 3.26. The standard InChI is InChI=1S/C10H17NS/c1-7(2)9-5-6-11(8(3)4)10(9)12/h5-9H,1-4H3. The van der Waals surface area contributed by atoms with E-state index in [1.165, 1.54) is 0 Å². The minimum Gasteiger partial charge on any atom is -0.340 e. The second-order valence-corrected chi connectivity index (χ2v) is 4.37. The predicted octanol–water partition coefficient (Wildman–Crippen LogP) is 2.82. The molecule has 0 bridgehead atoms. The van der Waals surface area contributed by atoms with Crippen molar-refractivity contribution in [2.45, 2.75) is 33.7 Å². The van der Waals surface area contributed by atoms with Gasteiger partial charge in [-0.15, -0.1) is 0 Å². The Morgan fingerprint density at radius 3 is 2.17 bits per heavy atom. The van der Waals surface area contributed by atoms with Crippen LogP contribution in [0.2, 0.25) is 0 Å². The summed E-state index contributed by atoms with van der Waals surface area (Å²) in [7, 11) is 0. The van der Waals surface area contributed by atoms with Gasteiger partial charge in [0.2, 0.25) is 0 Å². The number of hydrogen-bond donors (Lipinski definition) is 0. The molecule has 1 rings (SSSR count). The van der Waals surface area contributed by atoms with Crippen molar-refractivity contribution in [1.82, 2.24) is 4.90 Å². The van der Waals surface area contributed by atoms with E-state index >= 15 is 0 Å². The summed E-state index contributed by atoms with van der Waals surface area (Å²) in [5, 5.41) is 0. The summed E-state index contributed by atoms with van der Waals surface area (Å²) in [6.45, 7) is 8.76. The number of nitrogens with zero attached hydrogens (tertiary/aromatic N) is 1. The van der Waals surface area contributed by atoms with E-state index in [-0.39, 0.29) is 0 Å².